The van der Waals surface area contributed by atoms with Crippen LogP contribution in [0.25, 0.3) is 0 Å². The van der Waals surface area contributed by atoms with Gasteiger partial charge < -0.3 is 15.4 Å². The van der Waals surface area contributed by atoms with E-state index in [4.69, 9.17) is 22.7 Å². The largest absolute Gasteiger partial charge is 0.389 e. The maximum atomic E-state index is 5.82. The van der Waals surface area contributed by atoms with Gasteiger partial charge in [0, 0.05) is 19.3 Å². The average Bonchev–Trinajstić information content (AvgIpc) is 2.26. The summed E-state index contributed by atoms with van der Waals surface area (Å²) in [6.07, 6.45) is 2.18. The van der Waals surface area contributed by atoms with Crippen LogP contribution in [0.1, 0.15) is 25.0 Å². The summed E-state index contributed by atoms with van der Waals surface area (Å²) in [5, 5.41) is 0. The molecule has 0 bridgehead atoms. The zero-order chi connectivity index (χ0) is 13.3. The molecule has 2 unspecified atom stereocenters. The summed E-state index contributed by atoms with van der Waals surface area (Å²) < 4.78 is 5.73. The van der Waals surface area contributed by atoms with Gasteiger partial charge in [0.25, 0.3) is 0 Å². The SMILES string of the molecule is Cc1ccnc(N2CC(C)OC(C)C2)c1C(N)=S. The number of morpholine rings is 1. The summed E-state index contributed by atoms with van der Waals surface area (Å²) in [4.78, 5) is 7.07. The molecule has 5 heteroatoms. The van der Waals surface area contributed by atoms with Gasteiger partial charge >= 0.3 is 0 Å². The molecule has 98 valence electrons. The lowest BCUT2D eigenvalue weighted by Gasteiger charge is -2.37. The lowest BCUT2D eigenvalue weighted by molar-refractivity contribution is -0.00546. The number of aryl methyl sites for hydroxylation is 1. The lowest BCUT2D eigenvalue weighted by Crippen LogP contribution is -2.46. The van der Waals surface area contributed by atoms with Crippen molar-refractivity contribution in [3.63, 3.8) is 0 Å². The Bertz CT molecular complexity index is 454. The van der Waals surface area contributed by atoms with Crippen molar-refractivity contribution in [3.8, 4) is 0 Å². The molecule has 18 heavy (non-hydrogen) atoms. The van der Waals surface area contributed by atoms with Crippen LogP contribution in [0.4, 0.5) is 5.82 Å². The maximum absolute atomic E-state index is 5.82. The molecule has 0 aromatic carbocycles. The molecule has 2 atom stereocenters. The first-order valence-electron chi connectivity index (χ1n) is 6.15. The van der Waals surface area contributed by atoms with Crippen molar-refractivity contribution < 1.29 is 4.74 Å². The standard InChI is InChI=1S/C13H19N3OS/c1-8-4-5-15-13(11(8)12(14)18)16-6-9(2)17-10(3)7-16/h4-5,9-10H,6-7H2,1-3H3,(H2,14,18). The van der Waals surface area contributed by atoms with Crippen LogP contribution in [-0.4, -0.2) is 35.3 Å². The van der Waals surface area contributed by atoms with Crippen LogP contribution in [0.3, 0.4) is 0 Å². The van der Waals surface area contributed by atoms with Crippen LogP contribution in [-0.2, 0) is 4.74 Å². The van der Waals surface area contributed by atoms with Gasteiger partial charge in [-0.15, -0.1) is 0 Å². The van der Waals surface area contributed by atoms with Crippen molar-refractivity contribution in [2.24, 2.45) is 5.73 Å². The van der Waals surface area contributed by atoms with E-state index in [-0.39, 0.29) is 12.2 Å². The molecule has 1 aliphatic rings. The number of pyridine rings is 1. The molecular formula is C13H19N3OS. The van der Waals surface area contributed by atoms with Crippen molar-refractivity contribution in [2.75, 3.05) is 18.0 Å². The zero-order valence-corrected chi connectivity index (χ0v) is 11.8. The molecule has 1 aromatic heterocycles. The third-order valence-electron chi connectivity index (χ3n) is 3.10. The average molecular weight is 265 g/mol. The van der Waals surface area contributed by atoms with Gasteiger partial charge in [-0.25, -0.2) is 4.98 Å². The van der Waals surface area contributed by atoms with E-state index in [2.05, 4.69) is 23.7 Å². The Morgan fingerprint density at radius 2 is 2.06 bits per heavy atom. The second-order valence-electron chi connectivity index (χ2n) is 4.85. The van der Waals surface area contributed by atoms with E-state index in [1.54, 1.807) is 6.20 Å². The summed E-state index contributed by atoms with van der Waals surface area (Å²) in [5.41, 5.74) is 7.78. The van der Waals surface area contributed by atoms with E-state index < -0.39 is 0 Å². The second-order valence-corrected chi connectivity index (χ2v) is 5.29. The summed E-state index contributed by atoms with van der Waals surface area (Å²) in [6, 6.07) is 1.94. The fraction of sp³-hybridized carbons (Fsp3) is 0.538. The van der Waals surface area contributed by atoms with Gasteiger partial charge in [-0.3, -0.25) is 0 Å². The van der Waals surface area contributed by atoms with Crippen LogP contribution < -0.4 is 10.6 Å². The molecule has 0 aliphatic carbocycles. The Labute approximate surface area is 113 Å². The molecule has 2 N–H and O–H groups in total. The molecule has 0 amide bonds. The number of nitrogens with zero attached hydrogens (tertiary/aromatic N) is 2. The number of nitrogens with two attached hydrogens (primary N) is 1. The second kappa shape index (κ2) is 5.20. The van der Waals surface area contributed by atoms with Crippen LogP contribution in [0, 0.1) is 6.92 Å². The monoisotopic (exact) mass is 265 g/mol. The first-order valence-corrected chi connectivity index (χ1v) is 6.55. The minimum atomic E-state index is 0.190. The fourth-order valence-corrected chi connectivity index (χ4v) is 2.69. The van der Waals surface area contributed by atoms with Crippen molar-refractivity contribution in [2.45, 2.75) is 33.0 Å². The van der Waals surface area contributed by atoms with Crippen molar-refractivity contribution >= 4 is 23.0 Å². The van der Waals surface area contributed by atoms with Gasteiger partial charge in [-0.05, 0) is 32.4 Å². The molecule has 0 radical (unpaired) electrons. The zero-order valence-electron chi connectivity index (χ0n) is 11.0. The Kier molecular flexibility index (Phi) is 3.82. The van der Waals surface area contributed by atoms with Gasteiger partial charge in [-0.2, -0.15) is 0 Å². The number of hydrogen-bond donors (Lipinski definition) is 1. The highest BCUT2D eigenvalue weighted by molar-refractivity contribution is 7.80. The third-order valence-corrected chi connectivity index (χ3v) is 3.31. The van der Waals surface area contributed by atoms with Gasteiger partial charge in [0.05, 0.1) is 17.8 Å². The lowest BCUT2D eigenvalue weighted by atomic mass is 10.1. The van der Waals surface area contributed by atoms with E-state index in [9.17, 15) is 0 Å². The normalized spacial score (nSPS) is 24.1. The predicted molar refractivity (Wildman–Crippen MR) is 77.1 cm³/mol. The molecule has 2 heterocycles. The van der Waals surface area contributed by atoms with E-state index in [1.807, 2.05) is 13.0 Å². The van der Waals surface area contributed by atoms with Crippen LogP contribution >= 0.6 is 12.2 Å². The number of anilines is 1. The van der Waals surface area contributed by atoms with E-state index in [0.29, 0.717) is 4.99 Å². The molecular weight excluding hydrogens is 246 g/mol. The van der Waals surface area contributed by atoms with Gasteiger partial charge in [-0.1, -0.05) is 12.2 Å². The number of ether oxygens (including phenoxy) is 1. The van der Waals surface area contributed by atoms with Gasteiger partial charge in [0.15, 0.2) is 0 Å². The van der Waals surface area contributed by atoms with Gasteiger partial charge in [0.1, 0.15) is 10.8 Å². The van der Waals surface area contributed by atoms with Gasteiger partial charge in [0.2, 0.25) is 0 Å². The van der Waals surface area contributed by atoms with E-state index in [1.165, 1.54) is 0 Å². The minimum Gasteiger partial charge on any atom is -0.389 e. The predicted octanol–water partition coefficient (Wildman–Crippen LogP) is 1.64. The first-order chi connectivity index (χ1) is 8.49. The van der Waals surface area contributed by atoms with Crippen molar-refractivity contribution in [3.05, 3.63) is 23.4 Å². The van der Waals surface area contributed by atoms with Crippen molar-refractivity contribution in [1.82, 2.24) is 4.98 Å². The fourth-order valence-electron chi connectivity index (χ4n) is 2.44. The summed E-state index contributed by atoms with van der Waals surface area (Å²) in [7, 11) is 0. The quantitative estimate of drug-likeness (QED) is 0.824. The number of rotatable bonds is 2. The Hall–Kier alpha value is -1.20. The Morgan fingerprint density at radius 3 is 2.61 bits per heavy atom. The van der Waals surface area contributed by atoms with Crippen molar-refractivity contribution in [1.29, 1.82) is 0 Å². The minimum absolute atomic E-state index is 0.190. The number of hydrogen-bond acceptors (Lipinski definition) is 4. The maximum Gasteiger partial charge on any atom is 0.139 e. The molecule has 1 saturated heterocycles. The number of thiocarbonyl (C=S) groups is 1. The van der Waals surface area contributed by atoms with Crippen LogP contribution in [0.15, 0.2) is 12.3 Å². The number of aromatic nitrogens is 1. The molecule has 1 aromatic rings. The molecule has 1 fully saturated rings. The van der Waals surface area contributed by atoms with E-state index >= 15 is 0 Å². The highest BCUT2D eigenvalue weighted by Gasteiger charge is 2.25. The molecule has 1 aliphatic heterocycles. The molecule has 0 saturated carbocycles. The Morgan fingerprint density at radius 1 is 1.44 bits per heavy atom. The molecule has 0 spiro atoms. The summed E-state index contributed by atoms with van der Waals surface area (Å²) in [5.74, 6) is 0.879. The highest BCUT2D eigenvalue weighted by atomic mass is 32.1. The van der Waals surface area contributed by atoms with Crippen LogP contribution in [0.5, 0.6) is 0 Å². The van der Waals surface area contributed by atoms with E-state index in [0.717, 1.165) is 30.0 Å². The molecule has 2 rings (SSSR count). The first kappa shape index (κ1) is 13.2. The topological polar surface area (TPSA) is 51.4 Å². The van der Waals surface area contributed by atoms with Crippen LogP contribution in [0.2, 0.25) is 0 Å². The molecule has 4 nitrogen and oxygen atoms in total. The summed E-state index contributed by atoms with van der Waals surface area (Å²) >= 11 is 5.15. The third kappa shape index (κ3) is 2.62. The highest BCUT2D eigenvalue weighted by Crippen LogP contribution is 2.24. The smallest absolute Gasteiger partial charge is 0.139 e. The Balaban J connectivity index is 2.38. The summed E-state index contributed by atoms with van der Waals surface area (Å²) in [6.45, 7) is 7.78.